The topological polar surface area (TPSA) is 97.2 Å². The second kappa shape index (κ2) is 6.66. The maximum absolute atomic E-state index is 13.3. The fraction of sp³-hybridized carbons (Fsp3) is 0.526. The van der Waals surface area contributed by atoms with Crippen molar-refractivity contribution in [3.8, 4) is 0 Å². The zero-order valence-corrected chi connectivity index (χ0v) is 17.2. The summed E-state index contributed by atoms with van der Waals surface area (Å²) in [5.74, 6) is 0.965. The molecule has 1 amide bonds. The summed E-state index contributed by atoms with van der Waals surface area (Å²) >= 11 is 0. The lowest BCUT2D eigenvalue weighted by Crippen LogP contribution is -2.40. The summed E-state index contributed by atoms with van der Waals surface area (Å²) in [6.07, 6.45) is 4.15. The number of hydrogen-bond acceptors (Lipinski definition) is 5. The van der Waals surface area contributed by atoms with Crippen LogP contribution < -0.4 is 5.32 Å². The van der Waals surface area contributed by atoms with Gasteiger partial charge in [0.05, 0.1) is 10.3 Å². The lowest BCUT2D eigenvalue weighted by Gasteiger charge is -2.32. The van der Waals surface area contributed by atoms with Gasteiger partial charge >= 0.3 is 0 Å². The van der Waals surface area contributed by atoms with Crippen molar-refractivity contribution >= 4 is 21.6 Å². The molecule has 0 radical (unpaired) electrons. The van der Waals surface area contributed by atoms with Gasteiger partial charge in [0.15, 0.2) is 0 Å². The quantitative estimate of drug-likeness (QED) is 0.838. The first-order valence-corrected chi connectivity index (χ1v) is 10.9. The summed E-state index contributed by atoms with van der Waals surface area (Å²) in [7, 11) is -1.72. The molecule has 0 spiro atoms. The molecule has 0 bridgehead atoms. The molecule has 2 aromatic rings. The molecule has 150 valence electrons. The molecule has 1 saturated heterocycles. The van der Waals surface area contributed by atoms with Gasteiger partial charge in [-0.15, -0.1) is 10.2 Å². The van der Waals surface area contributed by atoms with E-state index in [-0.39, 0.29) is 16.7 Å². The van der Waals surface area contributed by atoms with Crippen LogP contribution in [0.15, 0.2) is 29.4 Å². The maximum atomic E-state index is 13.3. The molecule has 2 aliphatic heterocycles. The number of hydrogen-bond donors (Lipinski definition) is 1. The number of piperidine rings is 1. The molecule has 4 rings (SSSR count). The molecular formula is C19H25N5O3S. The zero-order chi connectivity index (χ0) is 20.1. The average molecular weight is 404 g/mol. The number of nitrogens with one attached hydrogen (secondary N) is 1. The molecule has 8 nitrogen and oxygen atoms in total. The van der Waals surface area contributed by atoms with Crippen LogP contribution in [0.25, 0.3) is 0 Å². The SMILES string of the molecule is Cn1cnnc1CC1CCCN(S(=O)(=O)c2ccc3c(c2)C(C)(C)C(=O)N3)C1. The van der Waals surface area contributed by atoms with Crippen LogP contribution in [0.4, 0.5) is 5.69 Å². The summed E-state index contributed by atoms with van der Waals surface area (Å²) in [5.41, 5.74) is 0.676. The highest BCUT2D eigenvalue weighted by atomic mass is 32.2. The monoisotopic (exact) mass is 403 g/mol. The Morgan fingerprint density at radius 2 is 2.11 bits per heavy atom. The molecule has 28 heavy (non-hydrogen) atoms. The van der Waals surface area contributed by atoms with Crippen molar-refractivity contribution in [2.75, 3.05) is 18.4 Å². The molecule has 9 heteroatoms. The van der Waals surface area contributed by atoms with E-state index in [2.05, 4.69) is 15.5 Å². The van der Waals surface area contributed by atoms with Crippen molar-refractivity contribution in [2.24, 2.45) is 13.0 Å². The van der Waals surface area contributed by atoms with Crippen molar-refractivity contribution < 1.29 is 13.2 Å². The number of nitrogens with zero attached hydrogens (tertiary/aromatic N) is 4. The van der Waals surface area contributed by atoms with Crippen LogP contribution in [-0.2, 0) is 33.7 Å². The normalized spacial score (nSPS) is 22.1. The van der Waals surface area contributed by atoms with Crippen molar-refractivity contribution in [2.45, 2.75) is 43.4 Å². The van der Waals surface area contributed by atoms with Gasteiger partial charge in [0.1, 0.15) is 12.2 Å². The predicted molar refractivity (Wildman–Crippen MR) is 104 cm³/mol. The number of aromatic nitrogens is 3. The molecule has 1 fully saturated rings. The first-order chi connectivity index (χ1) is 13.2. The number of amides is 1. The summed E-state index contributed by atoms with van der Waals surface area (Å²) < 4.78 is 30.0. The molecule has 1 aromatic heterocycles. The third-order valence-corrected chi connectivity index (χ3v) is 7.74. The first-order valence-electron chi connectivity index (χ1n) is 9.48. The van der Waals surface area contributed by atoms with Crippen molar-refractivity contribution in [1.29, 1.82) is 0 Å². The van der Waals surface area contributed by atoms with Crippen LogP contribution in [0.2, 0.25) is 0 Å². The fourth-order valence-corrected chi connectivity index (χ4v) is 5.60. The predicted octanol–water partition coefficient (Wildman–Crippen LogP) is 1.69. The van der Waals surface area contributed by atoms with E-state index in [1.807, 2.05) is 25.5 Å². The van der Waals surface area contributed by atoms with Gasteiger partial charge in [-0.05, 0) is 56.4 Å². The van der Waals surface area contributed by atoms with E-state index in [0.29, 0.717) is 25.2 Å². The van der Waals surface area contributed by atoms with Crippen LogP contribution in [0.3, 0.4) is 0 Å². The number of aryl methyl sites for hydroxylation is 1. The maximum Gasteiger partial charge on any atom is 0.243 e. The average Bonchev–Trinajstić information content (AvgIpc) is 3.15. The number of carbonyl (C=O) groups is 1. The molecule has 1 unspecified atom stereocenters. The smallest absolute Gasteiger partial charge is 0.243 e. The van der Waals surface area contributed by atoms with E-state index < -0.39 is 15.4 Å². The Bertz CT molecular complexity index is 1030. The Kier molecular flexibility index (Phi) is 4.54. The highest BCUT2D eigenvalue weighted by Crippen LogP contribution is 2.39. The van der Waals surface area contributed by atoms with Crippen LogP contribution in [0, 0.1) is 5.92 Å². The van der Waals surface area contributed by atoms with Crippen LogP contribution in [0.1, 0.15) is 38.1 Å². The number of carbonyl (C=O) groups excluding carboxylic acids is 1. The zero-order valence-electron chi connectivity index (χ0n) is 16.3. The highest BCUT2D eigenvalue weighted by Gasteiger charge is 2.40. The second-order valence-corrected chi connectivity index (χ2v) is 10.2. The van der Waals surface area contributed by atoms with E-state index in [1.165, 1.54) is 0 Å². The fourth-order valence-electron chi connectivity index (χ4n) is 4.02. The van der Waals surface area contributed by atoms with Gasteiger partial charge < -0.3 is 9.88 Å². The van der Waals surface area contributed by atoms with E-state index in [0.717, 1.165) is 24.2 Å². The lowest BCUT2D eigenvalue weighted by atomic mass is 9.86. The molecule has 2 aliphatic rings. The largest absolute Gasteiger partial charge is 0.325 e. The van der Waals surface area contributed by atoms with Crippen LogP contribution in [-0.4, -0.2) is 46.5 Å². The Morgan fingerprint density at radius 3 is 2.82 bits per heavy atom. The van der Waals surface area contributed by atoms with Gasteiger partial charge in [0.25, 0.3) is 0 Å². The second-order valence-electron chi connectivity index (χ2n) is 8.22. The Morgan fingerprint density at radius 1 is 1.32 bits per heavy atom. The minimum absolute atomic E-state index is 0.112. The third kappa shape index (κ3) is 3.12. The number of anilines is 1. The van der Waals surface area contributed by atoms with Gasteiger partial charge in [0.2, 0.25) is 15.9 Å². The molecular weight excluding hydrogens is 378 g/mol. The van der Waals surface area contributed by atoms with Crippen molar-refractivity contribution in [1.82, 2.24) is 19.1 Å². The van der Waals surface area contributed by atoms with Gasteiger partial charge in [-0.3, -0.25) is 4.79 Å². The van der Waals surface area contributed by atoms with E-state index in [9.17, 15) is 13.2 Å². The Hall–Kier alpha value is -2.26. The molecule has 0 aliphatic carbocycles. The minimum atomic E-state index is -3.62. The van der Waals surface area contributed by atoms with Gasteiger partial charge in [-0.25, -0.2) is 8.42 Å². The Labute approximate surface area is 165 Å². The number of rotatable bonds is 4. The summed E-state index contributed by atoms with van der Waals surface area (Å²) in [6.45, 7) is 4.59. The highest BCUT2D eigenvalue weighted by molar-refractivity contribution is 7.89. The molecule has 1 atom stereocenters. The third-order valence-electron chi connectivity index (χ3n) is 5.88. The number of benzene rings is 1. The molecule has 1 N–H and O–H groups in total. The standard InChI is InChI=1S/C19H25N5O3S/c1-19(2)15-10-14(6-7-16(15)21-18(19)25)28(26,27)24-8-4-5-13(11-24)9-17-22-20-12-23(17)3/h6-7,10,12-13H,4-5,8-9,11H2,1-3H3,(H,21,25). The first kappa shape index (κ1) is 19.1. The van der Waals surface area contributed by atoms with Gasteiger partial charge in [-0.2, -0.15) is 4.31 Å². The molecule has 3 heterocycles. The molecule has 1 aromatic carbocycles. The van der Waals surface area contributed by atoms with E-state index in [1.54, 1.807) is 28.8 Å². The Balaban J connectivity index is 1.58. The number of fused-ring (bicyclic) bond motifs is 1. The van der Waals surface area contributed by atoms with E-state index in [4.69, 9.17) is 0 Å². The van der Waals surface area contributed by atoms with Crippen LogP contribution in [0.5, 0.6) is 0 Å². The van der Waals surface area contributed by atoms with E-state index >= 15 is 0 Å². The van der Waals surface area contributed by atoms with Gasteiger partial charge in [0, 0.05) is 32.2 Å². The molecule has 0 saturated carbocycles. The summed E-state index contributed by atoms with van der Waals surface area (Å²) in [4.78, 5) is 12.4. The summed E-state index contributed by atoms with van der Waals surface area (Å²) in [5, 5.41) is 10.8. The minimum Gasteiger partial charge on any atom is -0.325 e. The number of sulfonamides is 1. The van der Waals surface area contributed by atoms with Gasteiger partial charge in [-0.1, -0.05) is 0 Å². The van der Waals surface area contributed by atoms with Crippen LogP contribution >= 0.6 is 0 Å². The van der Waals surface area contributed by atoms with Crippen molar-refractivity contribution in [3.63, 3.8) is 0 Å². The van der Waals surface area contributed by atoms with Crippen molar-refractivity contribution in [3.05, 3.63) is 35.9 Å². The lowest BCUT2D eigenvalue weighted by molar-refractivity contribution is -0.119. The summed E-state index contributed by atoms with van der Waals surface area (Å²) in [6, 6.07) is 4.92.